The molecule has 25 heavy (non-hydrogen) atoms. The Bertz CT molecular complexity index is 950. The molecule has 0 heterocycles. The van der Waals surface area contributed by atoms with Crippen molar-refractivity contribution in [1.82, 2.24) is 0 Å². The van der Waals surface area contributed by atoms with Crippen LogP contribution in [-0.2, 0) is 5.41 Å². The van der Waals surface area contributed by atoms with E-state index in [-0.39, 0.29) is 5.41 Å². The molecule has 2 N–H and O–H groups in total. The summed E-state index contributed by atoms with van der Waals surface area (Å²) in [6, 6.07) is 10.5. The van der Waals surface area contributed by atoms with Crippen molar-refractivity contribution < 1.29 is 10.2 Å². The minimum atomic E-state index is -0.723. The topological polar surface area (TPSA) is 40.5 Å². The molecular weight excluding hydrogens is 376 g/mol. The lowest BCUT2D eigenvalue weighted by Crippen LogP contribution is -2.47. The molecule has 0 unspecified atom stereocenters. The predicted octanol–water partition coefficient (Wildman–Crippen LogP) is 4.96. The monoisotopic (exact) mass is 398 g/mol. The molecule has 0 aromatic heterocycles. The van der Waals surface area contributed by atoms with Crippen molar-refractivity contribution in [3.05, 3.63) is 63.7 Å². The van der Waals surface area contributed by atoms with Crippen LogP contribution in [-0.4, -0.2) is 22.4 Å². The molecule has 0 saturated heterocycles. The first kappa shape index (κ1) is 17.0. The number of fused-ring (bicyclic) bond motifs is 4. The van der Waals surface area contributed by atoms with Gasteiger partial charge in [-0.15, -0.1) is 0 Å². The maximum Gasteiger partial charge on any atom is 0.0875 e. The van der Waals surface area contributed by atoms with E-state index in [9.17, 15) is 10.2 Å². The van der Waals surface area contributed by atoms with E-state index in [1.165, 1.54) is 0 Å². The van der Waals surface area contributed by atoms with Gasteiger partial charge in [-0.25, -0.2) is 0 Å². The highest BCUT2D eigenvalue weighted by molar-refractivity contribution is 9.10. The number of hydrogen-bond donors (Lipinski definition) is 2. The second-order valence-corrected chi connectivity index (χ2v) is 9.32. The Kier molecular flexibility index (Phi) is 3.60. The zero-order valence-corrected chi connectivity index (χ0v) is 16.6. The van der Waals surface area contributed by atoms with Crippen molar-refractivity contribution in [3.8, 4) is 0 Å². The average Bonchev–Trinajstić information content (AvgIpc) is 2.54. The number of benzene rings is 2. The summed E-state index contributed by atoms with van der Waals surface area (Å²) in [5, 5.41) is 24.5. The van der Waals surface area contributed by atoms with Gasteiger partial charge in [0.25, 0.3) is 0 Å². The second kappa shape index (κ2) is 5.29. The number of aliphatic hydroxyl groups is 2. The van der Waals surface area contributed by atoms with Crippen molar-refractivity contribution in [3.63, 3.8) is 0 Å². The van der Waals surface area contributed by atoms with Crippen LogP contribution in [0.5, 0.6) is 0 Å². The van der Waals surface area contributed by atoms with Crippen LogP contribution in [0.2, 0.25) is 0 Å². The average molecular weight is 399 g/mol. The molecule has 0 radical (unpaired) electrons. The molecule has 130 valence electrons. The van der Waals surface area contributed by atoms with Gasteiger partial charge in [0, 0.05) is 15.3 Å². The number of aliphatic hydroxyl groups excluding tert-OH is 2. The fourth-order valence-corrected chi connectivity index (χ4v) is 4.67. The highest BCUT2D eigenvalue weighted by atomic mass is 79.9. The lowest BCUT2D eigenvalue weighted by molar-refractivity contribution is 0.0551. The predicted molar refractivity (Wildman–Crippen MR) is 107 cm³/mol. The maximum atomic E-state index is 11.2. The van der Waals surface area contributed by atoms with Gasteiger partial charge in [0.05, 0.1) is 12.2 Å². The first-order valence-corrected chi connectivity index (χ1v) is 9.46. The van der Waals surface area contributed by atoms with Gasteiger partial charge in [-0.2, -0.15) is 0 Å². The Hall–Kier alpha value is -1.42. The lowest BCUT2D eigenvalue weighted by atomic mass is 9.61. The van der Waals surface area contributed by atoms with E-state index in [2.05, 4.69) is 66.2 Å². The zero-order valence-electron chi connectivity index (χ0n) is 15.0. The fourth-order valence-electron chi connectivity index (χ4n) is 4.31. The minimum absolute atomic E-state index is 0.382. The molecule has 2 aromatic rings. The van der Waals surface area contributed by atoms with Gasteiger partial charge in [0.15, 0.2) is 0 Å². The van der Waals surface area contributed by atoms with Crippen LogP contribution in [0.25, 0.3) is 16.3 Å². The van der Waals surface area contributed by atoms with Crippen LogP contribution >= 0.6 is 15.9 Å². The van der Waals surface area contributed by atoms with Crippen LogP contribution in [0.1, 0.15) is 38.8 Å². The van der Waals surface area contributed by atoms with E-state index in [0.717, 1.165) is 37.5 Å². The molecule has 0 amide bonds. The number of allylic oxidation sites excluding steroid dienone is 2. The molecule has 2 aliphatic rings. The van der Waals surface area contributed by atoms with Gasteiger partial charge >= 0.3 is 0 Å². The minimum Gasteiger partial charge on any atom is -0.388 e. The summed E-state index contributed by atoms with van der Waals surface area (Å²) < 4.78 is 1.03. The molecule has 2 nitrogen and oxygen atoms in total. The molecule has 2 aromatic carbocycles. The molecule has 0 spiro atoms. The van der Waals surface area contributed by atoms with Gasteiger partial charge in [0.1, 0.15) is 0 Å². The summed E-state index contributed by atoms with van der Waals surface area (Å²) in [6.45, 7) is 8.15. The molecule has 2 atom stereocenters. The normalized spacial score (nSPS) is 26.5. The summed E-state index contributed by atoms with van der Waals surface area (Å²) in [6.07, 6.45) is 2.71. The Balaban J connectivity index is 2.10. The van der Waals surface area contributed by atoms with Gasteiger partial charge in [-0.3, -0.25) is 0 Å². The largest absolute Gasteiger partial charge is 0.388 e. The second-order valence-electron chi connectivity index (χ2n) is 8.40. The van der Waals surface area contributed by atoms with E-state index in [4.69, 9.17) is 0 Å². The highest BCUT2D eigenvalue weighted by Crippen LogP contribution is 2.51. The smallest absolute Gasteiger partial charge is 0.0875 e. The Morgan fingerprint density at radius 3 is 2.36 bits per heavy atom. The standard InChI is InChI=1S/C22H23BrO2/c1-21(2)10-9-14-15-8-6-12-5-7-13(23)11-16(12)18(15)22(3,4)20(25)17(14)19(21)24/h5-11,19-20,24-25H,1-4H3/t19-,20+/m1/s1. The van der Waals surface area contributed by atoms with Crippen LogP contribution in [0, 0.1) is 5.41 Å². The van der Waals surface area contributed by atoms with Crippen LogP contribution in [0.4, 0.5) is 0 Å². The van der Waals surface area contributed by atoms with E-state index in [0.29, 0.717) is 0 Å². The summed E-state index contributed by atoms with van der Waals surface area (Å²) >= 11 is 3.58. The maximum absolute atomic E-state index is 11.2. The van der Waals surface area contributed by atoms with Gasteiger partial charge < -0.3 is 10.2 Å². The molecule has 0 aliphatic heterocycles. The molecule has 0 fully saturated rings. The zero-order chi connectivity index (χ0) is 18.1. The SMILES string of the molecule is CC1(C)C=CC2=C([C@H]1O)[C@H](O)C(C)(C)c1c2ccc2ccc(Br)cc12. The summed E-state index contributed by atoms with van der Waals surface area (Å²) in [5.74, 6) is 0. The number of hydrogen-bond acceptors (Lipinski definition) is 2. The van der Waals surface area contributed by atoms with Crippen molar-refractivity contribution in [2.24, 2.45) is 5.41 Å². The molecule has 4 rings (SSSR count). The molecule has 0 saturated carbocycles. The lowest BCUT2D eigenvalue weighted by Gasteiger charge is -2.46. The molecule has 0 bridgehead atoms. The van der Waals surface area contributed by atoms with Crippen molar-refractivity contribution in [2.45, 2.75) is 45.3 Å². The highest BCUT2D eigenvalue weighted by Gasteiger charge is 2.47. The van der Waals surface area contributed by atoms with E-state index >= 15 is 0 Å². The van der Waals surface area contributed by atoms with E-state index in [1.54, 1.807) is 0 Å². The molecule has 3 heteroatoms. The summed E-state index contributed by atoms with van der Waals surface area (Å²) in [4.78, 5) is 0. The Morgan fingerprint density at radius 1 is 0.960 bits per heavy atom. The van der Waals surface area contributed by atoms with Gasteiger partial charge in [0.2, 0.25) is 0 Å². The van der Waals surface area contributed by atoms with Gasteiger partial charge in [-0.05, 0) is 45.2 Å². The Labute approximate surface area is 157 Å². The van der Waals surface area contributed by atoms with E-state index < -0.39 is 17.6 Å². The van der Waals surface area contributed by atoms with Gasteiger partial charge in [-0.1, -0.05) is 74.0 Å². The third-order valence-corrected chi connectivity index (χ3v) is 6.38. The van der Waals surface area contributed by atoms with Crippen LogP contribution in [0.15, 0.2) is 52.5 Å². The van der Waals surface area contributed by atoms with Crippen molar-refractivity contribution >= 4 is 32.3 Å². The Morgan fingerprint density at radius 2 is 1.64 bits per heavy atom. The molecule has 2 aliphatic carbocycles. The third-order valence-electron chi connectivity index (χ3n) is 5.89. The van der Waals surface area contributed by atoms with Crippen LogP contribution in [0.3, 0.4) is 0 Å². The summed E-state index contributed by atoms with van der Waals surface area (Å²) in [7, 11) is 0. The number of halogens is 1. The van der Waals surface area contributed by atoms with Crippen LogP contribution < -0.4 is 0 Å². The van der Waals surface area contributed by atoms with Crippen molar-refractivity contribution in [2.75, 3.05) is 0 Å². The molecular formula is C22H23BrO2. The first-order valence-electron chi connectivity index (χ1n) is 8.67. The fraction of sp³-hybridized carbons (Fsp3) is 0.364. The number of rotatable bonds is 0. The van der Waals surface area contributed by atoms with Crippen molar-refractivity contribution in [1.29, 1.82) is 0 Å². The third kappa shape index (κ3) is 2.29. The summed E-state index contributed by atoms with van der Waals surface area (Å²) in [5.41, 5.74) is 3.11. The first-order chi connectivity index (χ1) is 11.6. The quantitative estimate of drug-likeness (QED) is 0.657. The van der Waals surface area contributed by atoms with E-state index in [1.807, 2.05) is 19.9 Å².